The first-order valence-corrected chi connectivity index (χ1v) is 10.4. The quantitative estimate of drug-likeness (QED) is 0.586. The molecule has 0 bridgehead atoms. The molecule has 1 aliphatic rings. The van der Waals surface area contributed by atoms with E-state index in [0.717, 1.165) is 11.3 Å². The van der Waals surface area contributed by atoms with Crippen molar-refractivity contribution in [3.8, 4) is 0 Å². The number of fused-ring (bicyclic) bond motifs is 1. The van der Waals surface area contributed by atoms with Crippen LogP contribution in [0.5, 0.6) is 0 Å². The van der Waals surface area contributed by atoms with Gasteiger partial charge in [-0.25, -0.2) is 18.6 Å². The van der Waals surface area contributed by atoms with Gasteiger partial charge in [0.15, 0.2) is 4.80 Å². The minimum Gasteiger partial charge on any atom is -0.463 e. The fraction of sp³-hybridized carbons (Fsp3) is 0.174. The van der Waals surface area contributed by atoms with Gasteiger partial charge in [0.2, 0.25) is 0 Å². The van der Waals surface area contributed by atoms with Gasteiger partial charge < -0.3 is 4.74 Å². The van der Waals surface area contributed by atoms with Crippen molar-refractivity contribution >= 4 is 23.4 Å². The molecule has 0 unspecified atom stereocenters. The summed E-state index contributed by atoms with van der Waals surface area (Å²) in [4.78, 5) is 30.9. The van der Waals surface area contributed by atoms with E-state index in [-0.39, 0.29) is 23.6 Å². The zero-order valence-corrected chi connectivity index (χ0v) is 17.6. The van der Waals surface area contributed by atoms with Crippen LogP contribution in [0.1, 0.15) is 31.0 Å². The number of allylic oxidation sites excluding steroid dienone is 1. The summed E-state index contributed by atoms with van der Waals surface area (Å²) in [5.41, 5.74) is 1.30. The van der Waals surface area contributed by atoms with E-state index in [1.54, 1.807) is 38.1 Å². The fourth-order valence-electron chi connectivity index (χ4n) is 3.49. The number of hydrogen-bond acceptors (Lipinski definition) is 5. The fourth-order valence-corrected chi connectivity index (χ4v) is 4.54. The van der Waals surface area contributed by atoms with E-state index in [4.69, 9.17) is 4.74 Å². The molecule has 1 aromatic heterocycles. The summed E-state index contributed by atoms with van der Waals surface area (Å²) in [5, 5.41) is 0. The Balaban J connectivity index is 1.96. The van der Waals surface area contributed by atoms with Crippen molar-refractivity contribution < 1.29 is 18.3 Å². The summed E-state index contributed by atoms with van der Waals surface area (Å²) in [6.07, 6.45) is 1.63. The average Bonchev–Trinajstić information content (AvgIpc) is 3.03. The van der Waals surface area contributed by atoms with E-state index in [9.17, 15) is 18.4 Å². The molecule has 2 aromatic carbocycles. The maximum absolute atomic E-state index is 14.0. The highest BCUT2D eigenvalue weighted by molar-refractivity contribution is 7.07. The molecular weight excluding hydrogens is 422 g/mol. The Labute approximate surface area is 180 Å². The smallest absolute Gasteiger partial charge is 0.338 e. The zero-order chi connectivity index (χ0) is 22.1. The Morgan fingerprint density at radius 3 is 2.61 bits per heavy atom. The summed E-state index contributed by atoms with van der Waals surface area (Å²) in [6.45, 7) is 3.50. The lowest BCUT2D eigenvalue weighted by molar-refractivity contribution is -0.139. The van der Waals surface area contributed by atoms with E-state index in [1.165, 1.54) is 34.9 Å². The number of carbonyl (C=O) groups is 1. The third-order valence-corrected chi connectivity index (χ3v) is 5.83. The van der Waals surface area contributed by atoms with Gasteiger partial charge in [-0.3, -0.25) is 9.36 Å². The van der Waals surface area contributed by atoms with E-state index in [0.29, 0.717) is 26.2 Å². The normalized spacial score (nSPS) is 16.1. The second-order valence-electron chi connectivity index (χ2n) is 6.91. The van der Waals surface area contributed by atoms with E-state index in [1.807, 2.05) is 0 Å². The lowest BCUT2D eigenvalue weighted by Gasteiger charge is -2.24. The molecule has 4 rings (SSSR count). The molecule has 0 saturated heterocycles. The Bertz CT molecular complexity index is 1370. The van der Waals surface area contributed by atoms with Crippen molar-refractivity contribution in [2.45, 2.75) is 19.9 Å². The Morgan fingerprint density at radius 2 is 1.94 bits per heavy atom. The number of carbonyl (C=O) groups excluding carboxylic acids is 1. The molecule has 8 heteroatoms. The van der Waals surface area contributed by atoms with Crippen LogP contribution >= 0.6 is 11.3 Å². The van der Waals surface area contributed by atoms with Crippen LogP contribution in [0.15, 0.2) is 69.6 Å². The summed E-state index contributed by atoms with van der Waals surface area (Å²) < 4.78 is 34.2. The Kier molecular flexibility index (Phi) is 5.65. The predicted molar refractivity (Wildman–Crippen MR) is 113 cm³/mol. The van der Waals surface area contributed by atoms with Gasteiger partial charge in [-0.05, 0) is 55.3 Å². The number of thiazole rings is 1. The first kappa shape index (κ1) is 20.9. The van der Waals surface area contributed by atoms with E-state index < -0.39 is 17.8 Å². The van der Waals surface area contributed by atoms with Crippen LogP contribution in [-0.4, -0.2) is 17.1 Å². The third-order valence-electron chi connectivity index (χ3n) is 4.85. The minimum absolute atomic E-state index is 0.153. The molecule has 0 spiro atoms. The molecule has 31 heavy (non-hydrogen) atoms. The lowest BCUT2D eigenvalue weighted by atomic mass is 9.96. The molecule has 3 aromatic rings. The third kappa shape index (κ3) is 3.98. The number of esters is 1. The summed E-state index contributed by atoms with van der Waals surface area (Å²) in [5.74, 6) is -1.46. The zero-order valence-electron chi connectivity index (χ0n) is 16.8. The number of hydrogen-bond donors (Lipinski definition) is 0. The molecule has 158 valence electrons. The standard InChI is InChI=1S/C23H18F2N2O3S/c1-3-30-22(29)19-13(2)26-23-27(20(19)15-5-4-6-17(25)12-15)21(28)18(31-23)11-14-7-9-16(24)10-8-14/h4-12,20H,3H2,1-2H3/b18-11-/t20-/m0/s1. The molecule has 1 aliphatic heterocycles. The average molecular weight is 440 g/mol. The van der Waals surface area contributed by atoms with Crippen LogP contribution in [0.4, 0.5) is 8.78 Å². The highest BCUT2D eigenvalue weighted by Crippen LogP contribution is 2.30. The molecule has 1 atom stereocenters. The van der Waals surface area contributed by atoms with Crippen molar-refractivity contribution in [2.75, 3.05) is 6.61 Å². The van der Waals surface area contributed by atoms with Gasteiger partial charge in [-0.2, -0.15) is 0 Å². The predicted octanol–water partition coefficient (Wildman–Crippen LogP) is 3.08. The summed E-state index contributed by atoms with van der Waals surface area (Å²) in [6, 6.07) is 10.6. The second-order valence-corrected chi connectivity index (χ2v) is 7.92. The monoisotopic (exact) mass is 440 g/mol. The maximum atomic E-state index is 14.0. The van der Waals surface area contributed by atoms with Gasteiger partial charge in [-0.15, -0.1) is 0 Å². The SMILES string of the molecule is CCOC(=O)C1=C(C)N=c2s/c(=C\c3ccc(F)cc3)c(=O)n2[C@H]1c1cccc(F)c1. The molecule has 2 heterocycles. The molecule has 0 saturated carbocycles. The maximum Gasteiger partial charge on any atom is 0.338 e. The van der Waals surface area contributed by atoms with Crippen molar-refractivity contribution in [3.63, 3.8) is 0 Å². The number of ether oxygens (including phenoxy) is 1. The van der Waals surface area contributed by atoms with Gasteiger partial charge in [0.05, 0.1) is 28.5 Å². The van der Waals surface area contributed by atoms with Crippen molar-refractivity contribution in [3.05, 3.63) is 102 Å². The number of rotatable bonds is 4. The van der Waals surface area contributed by atoms with Gasteiger partial charge >= 0.3 is 5.97 Å². The number of halogens is 2. The molecule has 0 fully saturated rings. The van der Waals surface area contributed by atoms with Crippen LogP contribution in [0.3, 0.4) is 0 Å². The Hall–Kier alpha value is -3.39. The summed E-state index contributed by atoms with van der Waals surface area (Å²) >= 11 is 1.15. The van der Waals surface area contributed by atoms with E-state index in [2.05, 4.69) is 4.99 Å². The van der Waals surface area contributed by atoms with Gasteiger partial charge in [0.25, 0.3) is 5.56 Å². The van der Waals surface area contributed by atoms with Crippen LogP contribution in [-0.2, 0) is 9.53 Å². The van der Waals surface area contributed by atoms with Crippen LogP contribution < -0.4 is 14.9 Å². The first-order chi connectivity index (χ1) is 14.9. The molecule has 0 aliphatic carbocycles. The van der Waals surface area contributed by atoms with Gasteiger partial charge in [0, 0.05) is 0 Å². The van der Waals surface area contributed by atoms with Crippen LogP contribution in [0.2, 0.25) is 0 Å². The van der Waals surface area contributed by atoms with E-state index >= 15 is 0 Å². The lowest BCUT2D eigenvalue weighted by Crippen LogP contribution is -2.40. The van der Waals surface area contributed by atoms with Gasteiger partial charge in [-0.1, -0.05) is 35.6 Å². The van der Waals surface area contributed by atoms with Crippen molar-refractivity contribution in [1.29, 1.82) is 0 Å². The minimum atomic E-state index is -0.874. The first-order valence-electron chi connectivity index (χ1n) is 9.59. The van der Waals surface area contributed by atoms with Crippen molar-refractivity contribution in [2.24, 2.45) is 4.99 Å². The second kappa shape index (κ2) is 8.39. The largest absolute Gasteiger partial charge is 0.463 e. The summed E-state index contributed by atoms with van der Waals surface area (Å²) in [7, 11) is 0. The molecule has 5 nitrogen and oxygen atoms in total. The van der Waals surface area contributed by atoms with Crippen LogP contribution in [0.25, 0.3) is 6.08 Å². The Morgan fingerprint density at radius 1 is 1.19 bits per heavy atom. The molecule has 0 radical (unpaired) electrons. The molecule has 0 amide bonds. The number of aromatic nitrogens is 1. The highest BCUT2D eigenvalue weighted by atomic mass is 32.1. The van der Waals surface area contributed by atoms with Crippen LogP contribution in [0, 0.1) is 11.6 Å². The number of benzene rings is 2. The number of nitrogens with zero attached hydrogens (tertiary/aromatic N) is 2. The molecule has 0 N–H and O–H groups in total. The highest BCUT2D eigenvalue weighted by Gasteiger charge is 2.33. The van der Waals surface area contributed by atoms with Gasteiger partial charge in [0.1, 0.15) is 11.6 Å². The topological polar surface area (TPSA) is 60.7 Å². The molecular formula is C23H18F2N2O3S. The van der Waals surface area contributed by atoms with Crippen molar-refractivity contribution in [1.82, 2.24) is 4.57 Å².